The van der Waals surface area contributed by atoms with Gasteiger partial charge in [0.2, 0.25) is 0 Å². The number of ether oxygens (including phenoxy) is 1. The number of carbonyl (C=O) groups is 1. The van der Waals surface area contributed by atoms with Crippen molar-refractivity contribution in [3.05, 3.63) is 29.8 Å². The van der Waals surface area contributed by atoms with Gasteiger partial charge in [0, 0.05) is 19.2 Å². The van der Waals surface area contributed by atoms with Crippen LogP contribution in [0.3, 0.4) is 0 Å². The molecule has 0 heterocycles. The van der Waals surface area contributed by atoms with Crippen molar-refractivity contribution in [3.63, 3.8) is 0 Å². The van der Waals surface area contributed by atoms with Crippen molar-refractivity contribution in [1.29, 1.82) is 0 Å². The predicted molar refractivity (Wildman–Crippen MR) is 72.9 cm³/mol. The molecule has 0 saturated heterocycles. The van der Waals surface area contributed by atoms with E-state index in [0.29, 0.717) is 18.7 Å². The normalized spacial score (nSPS) is 11.6. The average Bonchev–Trinajstić information content (AvgIpc) is 2.37. The minimum absolute atomic E-state index is 0.0302. The number of amides is 1. The van der Waals surface area contributed by atoms with Gasteiger partial charge < -0.3 is 15.4 Å². The van der Waals surface area contributed by atoms with Gasteiger partial charge in [-0.1, -0.05) is 19.9 Å². The summed E-state index contributed by atoms with van der Waals surface area (Å²) in [4.78, 5) is 13.7. The van der Waals surface area contributed by atoms with E-state index in [1.54, 1.807) is 13.1 Å². The number of nitrogens with zero attached hydrogens (tertiary/aromatic N) is 1. The van der Waals surface area contributed by atoms with Gasteiger partial charge >= 0.3 is 6.61 Å². The lowest BCUT2D eigenvalue weighted by Crippen LogP contribution is -2.39. The zero-order valence-electron chi connectivity index (χ0n) is 11.9. The monoisotopic (exact) mass is 286 g/mol. The van der Waals surface area contributed by atoms with Crippen molar-refractivity contribution in [2.75, 3.05) is 20.1 Å². The number of hydrogen-bond acceptors (Lipinski definition) is 3. The Labute approximate surface area is 117 Å². The van der Waals surface area contributed by atoms with E-state index in [2.05, 4.69) is 4.74 Å². The van der Waals surface area contributed by atoms with E-state index in [1.165, 1.54) is 23.1 Å². The first-order chi connectivity index (χ1) is 9.25. The number of alkyl halides is 2. The Morgan fingerprint density at radius 2 is 2.10 bits per heavy atom. The number of benzene rings is 1. The molecule has 0 aliphatic carbocycles. The molecule has 1 aromatic rings. The molecule has 0 bridgehead atoms. The van der Waals surface area contributed by atoms with Crippen LogP contribution in [0, 0.1) is 5.41 Å². The molecule has 0 unspecified atom stereocenters. The molecule has 20 heavy (non-hydrogen) atoms. The van der Waals surface area contributed by atoms with E-state index in [-0.39, 0.29) is 17.1 Å². The molecule has 0 spiro atoms. The van der Waals surface area contributed by atoms with Crippen LogP contribution in [-0.2, 0) is 0 Å². The van der Waals surface area contributed by atoms with Gasteiger partial charge in [0.1, 0.15) is 5.75 Å². The lowest BCUT2D eigenvalue weighted by molar-refractivity contribution is -0.0499. The Morgan fingerprint density at radius 1 is 1.45 bits per heavy atom. The number of hydrogen-bond donors (Lipinski definition) is 1. The summed E-state index contributed by atoms with van der Waals surface area (Å²) in [6.45, 7) is 1.91. The number of carbonyl (C=O) groups excluding carboxylic acids is 1. The van der Waals surface area contributed by atoms with Crippen molar-refractivity contribution in [1.82, 2.24) is 4.90 Å². The Balaban J connectivity index is 2.81. The summed E-state index contributed by atoms with van der Waals surface area (Å²) in [5, 5.41) is 0. The van der Waals surface area contributed by atoms with Gasteiger partial charge in [0.15, 0.2) is 0 Å². The Morgan fingerprint density at radius 3 is 2.65 bits per heavy atom. The van der Waals surface area contributed by atoms with Gasteiger partial charge in [-0.05, 0) is 30.2 Å². The molecule has 0 fully saturated rings. The van der Waals surface area contributed by atoms with E-state index < -0.39 is 6.61 Å². The number of nitrogens with two attached hydrogens (primary N) is 1. The Bertz CT molecular complexity index is 464. The standard InChI is InChI=1S/C14H20F2N2O2/c1-14(2,8-17)9-18(3)12(19)10-5-4-6-11(7-10)20-13(15)16/h4-7,13H,8-9,17H2,1-3H3. The molecule has 4 nitrogen and oxygen atoms in total. The molecule has 0 aliphatic rings. The highest BCUT2D eigenvalue weighted by Crippen LogP contribution is 2.19. The summed E-state index contributed by atoms with van der Waals surface area (Å²) in [7, 11) is 1.65. The second-order valence-electron chi connectivity index (χ2n) is 5.44. The third-order valence-corrected chi connectivity index (χ3v) is 2.87. The molecular weight excluding hydrogens is 266 g/mol. The van der Waals surface area contributed by atoms with Crippen LogP contribution in [0.2, 0.25) is 0 Å². The topological polar surface area (TPSA) is 55.6 Å². The van der Waals surface area contributed by atoms with Gasteiger partial charge in [-0.15, -0.1) is 0 Å². The summed E-state index contributed by atoms with van der Waals surface area (Å²) < 4.78 is 28.6. The highest BCUT2D eigenvalue weighted by atomic mass is 19.3. The molecule has 0 atom stereocenters. The van der Waals surface area contributed by atoms with Crippen molar-refractivity contribution in [3.8, 4) is 5.75 Å². The largest absolute Gasteiger partial charge is 0.435 e. The molecule has 0 saturated carbocycles. The summed E-state index contributed by atoms with van der Waals surface area (Å²) in [5.74, 6) is -0.288. The first-order valence-electron chi connectivity index (χ1n) is 6.25. The number of rotatable bonds is 6. The number of halogens is 2. The summed E-state index contributed by atoms with van der Waals surface area (Å²) >= 11 is 0. The Kier molecular flexibility index (Phi) is 5.44. The zero-order chi connectivity index (χ0) is 15.3. The molecule has 1 amide bonds. The molecule has 0 aromatic heterocycles. The van der Waals surface area contributed by atoms with Crippen molar-refractivity contribution in [2.24, 2.45) is 11.1 Å². The van der Waals surface area contributed by atoms with Crippen LogP contribution in [0.15, 0.2) is 24.3 Å². The maximum Gasteiger partial charge on any atom is 0.387 e. The van der Waals surface area contributed by atoms with Gasteiger partial charge in [-0.3, -0.25) is 4.79 Å². The van der Waals surface area contributed by atoms with Gasteiger partial charge in [0.25, 0.3) is 5.91 Å². The molecule has 6 heteroatoms. The summed E-state index contributed by atoms with van der Waals surface area (Å²) in [5.41, 5.74) is 5.73. The van der Waals surface area contributed by atoms with Crippen LogP contribution in [-0.4, -0.2) is 37.6 Å². The lowest BCUT2D eigenvalue weighted by atomic mass is 9.93. The zero-order valence-corrected chi connectivity index (χ0v) is 11.9. The molecular formula is C14H20F2N2O2. The SMILES string of the molecule is CN(CC(C)(C)CN)C(=O)c1cccc(OC(F)F)c1. The fourth-order valence-corrected chi connectivity index (χ4v) is 1.80. The molecule has 1 rings (SSSR count). The smallest absolute Gasteiger partial charge is 0.387 e. The maximum absolute atomic E-state index is 12.2. The van der Waals surface area contributed by atoms with Gasteiger partial charge in [0.05, 0.1) is 0 Å². The van der Waals surface area contributed by atoms with E-state index in [4.69, 9.17) is 5.73 Å². The van der Waals surface area contributed by atoms with Crippen LogP contribution in [0.4, 0.5) is 8.78 Å². The van der Waals surface area contributed by atoms with Crippen LogP contribution < -0.4 is 10.5 Å². The molecule has 1 aromatic carbocycles. The first kappa shape index (κ1) is 16.4. The van der Waals surface area contributed by atoms with Crippen molar-refractivity contribution in [2.45, 2.75) is 20.5 Å². The van der Waals surface area contributed by atoms with Crippen LogP contribution in [0.25, 0.3) is 0 Å². The lowest BCUT2D eigenvalue weighted by Gasteiger charge is -2.29. The Hall–Kier alpha value is -1.69. The molecule has 2 N–H and O–H groups in total. The highest BCUT2D eigenvalue weighted by molar-refractivity contribution is 5.94. The van der Waals surface area contributed by atoms with E-state index in [1.807, 2.05) is 13.8 Å². The minimum Gasteiger partial charge on any atom is -0.435 e. The maximum atomic E-state index is 12.2. The molecule has 0 aliphatic heterocycles. The fourth-order valence-electron chi connectivity index (χ4n) is 1.80. The second-order valence-corrected chi connectivity index (χ2v) is 5.44. The third-order valence-electron chi connectivity index (χ3n) is 2.87. The van der Waals surface area contributed by atoms with Crippen LogP contribution >= 0.6 is 0 Å². The second kappa shape index (κ2) is 6.65. The fraction of sp³-hybridized carbons (Fsp3) is 0.500. The summed E-state index contributed by atoms with van der Waals surface area (Å²) in [6, 6.07) is 5.76. The average molecular weight is 286 g/mol. The van der Waals surface area contributed by atoms with E-state index in [0.717, 1.165) is 0 Å². The third kappa shape index (κ3) is 4.77. The van der Waals surface area contributed by atoms with Gasteiger partial charge in [-0.25, -0.2) is 0 Å². The van der Waals surface area contributed by atoms with Crippen molar-refractivity contribution >= 4 is 5.91 Å². The van der Waals surface area contributed by atoms with E-state index >= 15 is 0 Å². The van der Waals surface area contributed by atoms with Crippen molar-refractivity contribution < 1.29 is 18.3 Å². The molecule has 0 radical (unpaired) electrons. The highest BCUT2D eigenvalue weighted by Gasteiger charge is 2.22. The minimum atomic E-state index is -2.91. The quantitative estimate of drug-likeness (QED) is 0.873. The predicted octanol–water partition coefficient (Wildman–Crippen LogP) is 2.34. The van der Waals surface area contributed by atoms with E-state index in [9.17, 15) is 13.6 Å². The molecule has 112 valence electrons. The van der Waals surface area contributed by atoms with Crippen LogP contribution in [0.5, 0.6) is 5.75 Å². The van der Waals surface area contributed by atoms with Crippen LogP contribution in [0.1, 0.15) is 24.2 Å². The first-order valence-corrected chi connectivity index (χ1v) is 6.25. The summed E-state index contributed by atoms with van der Waals surface area (Å²) in [6.07, 6.45) is 0. The van der Waals surface area contributed by atoms with Gasteiger partial charge in [-0.2, -0.15) is 8.78 Å².